The third-order valence-electron chi connectivity index (χ3n) is 4.45. The predicted molar refractivity (Wildman–Crippen MR) is 77.1 cm³/mol. The Balaban J connectivity index is 1.62. The molecule has 98 valence electrons. The van der Waals surface area contributed by atoms with Crippen LogP contribution in [0, 0.1) is 0 Å². The molecule has 1 aromatic carbocycles. The zero-order valence-corrected chi connectivity index (χ0v) is 11.4. The molecule has 2 aliphatic rings. The van der Waals surface area contributed by atoms with E-state index in [2.05, 4.69) is 41.4 Å². The van der Waals surface area contributed by atoms with Crippen molar-refractivity contribution in [3.8, 4) is 0 Å². The fourth-order valence-electron chi connectivity index (χ4n) is 3.52. The van der Waals surface area contributed by atoms with Crippen LogP contribution in [0.15, 0.2) is 24.3 Å². The number of fused-ring (bicyclic) bond motifs is 1. The minimum absolute atomic E-state index is 0.671. The van der Waals surface area contributed by atoms with Gasteiger partial charge in [0, 0.05) is 24.3 Å². The largest absolute Gasteiger partial charge is 0.381 e. The molecule has 0 radical (unpaired) electrons. The summed E-state index contributed by atoms with van der Waals surface area (Å²) in [6.45, 7) is 4.84. The van der Waals surface area contributed by atoms with E-state index in [4.69, 9.17) is 0 Å². The van der Waals surface area contributed by atoms with E-state index >= 15 is 0 Å². The molecule has 0 aromatic heterocycles. The van der Waals surface area contributed by atoms with Gasteiger partial charge in [-0.15, -0.1) is 0 Å². The van der Waals surface area contributed by atoms with Gasteiger partial charge in [0.2, 0.25) is 0 Å². The van der Waals surface area contributed by atoms with Crippen LogP contribution in [0.4, 0.5) is 5.69 Å². The summed E-state index contributed by atoms with van der Waals surface area (Å²) < 4.78 is 0. The maximum Gasteiger partial charge on any atom is 0.0429 e. The highest BCUT2D eigenvalue weighted by molar-refractivity contribution is 5.46. The van der Waals surface area contributed by atoms with Gasteiger partial charge in [0.15, 0.2) is 0 Å². The molecule has 3 rings (SSSR count). The average molecular weight is 244 g/mol. The van der Waals surface area contributed by atoms with Crippen molar-refractivity contribution in [3.63, 3.8) is 0 Å². The summed E-state index contributed by atoms with van der Waals surface area (Å²) >= 11 is 0. The van der Waals surface area contributed by atoms with Gasteiger partial charge in [0.05, 0.1) is 0 Å². The topological polar surface area (TPSA) is 15.3 Å². The summed E-state index contributed by atoms with van der Waals surface area (Å²) in [5.41, 5.74) is 2.76. The summed E-state index contributed by atoms with van der Waals surface area (Å²) in [6, 6.07) is 10.5. The first-order valence-electron chi connectivity index (χ1n) is 7.46. The number of benzene rings is 1. The number of rotatable bonds is 4. The second kappa shape index (κ2) is 5.31. The number of nitrogens with zero attached hydrogens (tertiary/aromatic N) is 1. The first-order valence-corrected chi connectivity index (χ1v) is 7.46. The number of nitrogens with one attached hydrogen (secondary N) is 1. The van der Waals surface area contributed by atoms with Gasteiger partial charge in [0.1, 0.15) is 0 Å². The lowest BCUT2D eigenvalue weighted by Gasteiger charge is -2.22. The molecule has 2 saturated heterocycles. The van der Waals surface area contributed by atoms with Gasteiger partial charge in [-0.1, -0.05) is 25.5 Å². The Morgan fingerprint density at radius 3 is 2.78 bits per heavy atom. The van der Waals surface area contributed by atoms with Gasteiger partial charge in [-0.25, -0.2) is 0 Å². The lowest BCUT2D eigenvalue weighted by atomic mass is 10.1. The van der Waals surface area contributed by atoms with Crippen LogP contribution in [0.2, 0.25) is 0 Å². The maximum absolute atomic E-state index is 3.74. The van der Waals surface area contributed by atoms with Gasteiger partial charge in [-0.05, 0) is 49.9 Å². The van der Waals surface area contributed by atoms with Gasteiger partial charge in [0.25, 0.3) is 0 Å². The lowest BCUT2D eigenvalue weighted by Crippen LogP contribution is -2.33. The number of hydrogen-bond donors (Lipinski definition) is 1. The van der Waals surface area contributed by atoms with Crippen LogP contribution in [-0.4, -0.2) is 30.1 Å². The molecular formula is C16H24N2. The van der Waals surface area contributed by atoms with Crippen LogP contribution in [0.25, 0.3) is 0 Å². The van der Waals surface area contributed by atoms with E-state index in [-0.39, 0.29) is 0 Å². The third kappa shape index (κ3) is 2.39. The molecule has 0 aliphatic carbocycles. The fourth-order valence-corrected chi connectivity index (χ4v) is 3.52. The Hall–Kier alpha value is -1.02. The average Bonchev–Trinajstić information content (AvgIpc) is 2.97. The first-order chi connectivity index (χ1) is 8.86. The second-order valence-electron chi connectivity index (χ2n) is 5.73. The first kappa shape index (κ1) is 12.0. The van der Waals surface area contributed by atoms with E-state index in [1.165, 1.54) is 56.4 Å². The molecule has 0 amide bonds. The van der Waals surface area contributed by atoms with Crippen molar-refractivity contribution < 1.29 is 0 Å². The van der Waals surface area contributed by atoms with Crippen molar-refractivity contribution in [2.45, 2.75) is 51.1 Å². The van der Waals surface area contributed by atoms with Crippen LogP contribution < -0.4 is 5.32 Å². The van der Waals surface area contributed by atoms with E-state index < -0.39 is 0 Å². The highest BCUT2D eigenvalue weighted by Crippen LogP contribution is 2.30. The number of aryl methyl sites for hydroxylation is 1. The van der Waals surface area contributed by atoms with E-state index in [1.807, 2.05) is 0 Å². The number of hydrogen-bond acceptors (Lipinski definition) is 2. The molecule has 0 saturated carbocycles. The smallest absolute Gasteiger partial charge is 0.0429 e. The second-order valence-corrected chi connectivity index (χ2v) is 5.73. The van der Waals surface area contributed by atoms with Crippen molar-refractivity contribution in [1.82, 2.24) is 4.90 Å². The Morgan fingerprint density at radius 1 is 1.17 bits per heavy atom. The maximum atomic E-state index is 3.74. The van der Waals surface area contributed by atoms with Crippen molar-refractivity contribution in [1.29, 1.82) is 0 Å². The molecule has 1 aromatic rings. The third-order valence-corrected chi connectivity index (χ3v) is 4.45. The molecule has 2 nitrogen and oxygen atoms in total. The Morgan fingerprint density at radius 2 is 2.00 bits per heavy atom. The molecular weight excluding hydrogens is 220 g/mol. The normalized spacial score (nSPS) is 27.4. The van der Waals surface area contributed by atoms with Crippen molar-refractivity contribution >= 4 is 5.69 Å². The van der Waals surface area contributed by atoms with Crippen LogP contribution in [0.5, 0.6) is 0 Å². The molecule has 0 bridgehead atoms. The van der Waals surface area contributed by atoms with Crippen molar-refractivity contribution in [2.24, 2.45) is 0 Å². The van der Waals surface area contributed by atoms with Crippen LogP contribution in [0.3, 0.4) is 0 Å². The molecule has 1 N–H and O–H groups in total. The summed E-state index contributed by atoms with van der Waals surface area (Å²) in [6.07, 6.45) is 6.50. The minimum atomic E-state index is 0.671. The molecule has 2 fully saturated rings. The zero-order chi connectivity index (χ0) is 12.4. The van der Waals surface area contributed by atoms with Crippen LogP contribution >= 0.6 is 0 Å². The fraction of sp³-hybridized carbons (Fsp3) is 0.625. The van der Waals surface area contributed by atoms with Crippen molar-refractivity contribution in [2.75, 3.05) is 18.4 Å². The molecule has 2 aliphatic heterocycles. The van der Waals surface area contributed by atoms with E-state index in [0.29, 0.717) is 6.04 Å². The van der Waals surface area contributed by atoms with E-state index in [9.17, 15) is 0 Å². The van der Waals surface area contributed by atoms with Gasteiger partial charge in [-0.2, -0.15) is 0 Å². The summed E-state index contributed by atoms with van der Waals surface area (Å²) in [7, 11) is 0. The predicted octanol–water partition coefficient (Wildman–Crippen LogP) is 3.29. The standard InChI is InChI=1S/C16H24N2/c1-2-4-13-6-8-14(9-7-13)17-15-10-12-18-11-3-5-16(15)18/h6-9,15-17H,2-5,10-12H2,1H3. The zero-order valence-electron chi connectivity index (χ0n) is 11.4. The lowest BCUT2D eigenvalue weighted by molar-refractivity contribution is 0.318. The minimum Gasteiger partial charge on any atom is -0.381 e. The Labute approximate surface area is 110 Å². The van der Waals surface area contributed by atoms with Gasteiger partial charge < -0.3 is 5.32 Å². The summed E-state index contributed by atoms with van der Waals surface area (Å²) in [4.78, 5) is 2.66. The highest BCUT2D eigenvalue weighted by atomic mass is 15.2. The molecule has 2 atom stereocenters. The highest BCUT2D eigenvalue weighted by Gasteiger charge is 2.36. The quantitative estimate of drug-likeness (QED) is 0.874. The Bertz CT molecular complexity index is 385. The van der Waals surface area contributed by atoms with Gasteiger partial charge in [-0.3, -0.25) is 4.90 Å². The molecule has 2 unspecified atom stereocenters. The van der Waals surface area contributed by atoms with E-state index in [1.54, 1.807) is 0 Å². The molecule has 2 heterocycles. The monoisotopic (exact) mass is 244 g/mol. The molecule has 0 spiro atoms. The van der Waals surface area contributed by atoms with Crippen molar-refractivity contribution in [3.05, 3.63) is 29.8 Å². The SMILES string of the molecule is CCCc1ccc(NC2CCN3CCCC23)cc1. The summed E-state index contributed by atoms with van der Waals surface area (Å²) in [5.74, 6) is 0. The molecule has 2 heteroatoms. The summed E-state index contributed by atoms with van der Waals surface area (Å²) in [5, 5.41) is 3.74. The number of anilines is 1. The van der Waals surface area contributed by atoms with Gasteiger partial charge >= 0.3 is 0 Å². The molecule has 18 heavy (non-hydrogen) atoms. The Kier molecular flexibility index (Phi) is 3.55. The van der Waals surface area contributed by atoms with E-state index in [0.717, 1.165) is 6.04 Å². The van der Waals surface area contributed by atoms with Crippen LogP contribution in [-0.2, 0) is 6.42 Å². The van der Waals surface area contributed by atoms with Crippen LogP contribution in [0.1, 0.15) is 38.2 Å².